The minimum Gasteiger partial charge on any atom is -0.0735 e. The molecule has 1 aliphatic carbocycles. The van der Waals surface area contributed by atoms with Gasteiger partial charge in [0, 0.05) is 0 Å². The van der Waals surface area contributed by atoms with E-state index in [0.29, 0.717) is 5.41 Å². The van der Waals surface area contributed by atoms with Crippen LogP contribution in [0.3, 0.4) is 0 Å². The summed E-state index contributed by atoms with van der Waals surface area (Å²) in [6.45, 7) is 14.3. The summed E-state index contributed by atoms with van der Waals surface area (Å²) in [6.07, 6.45) is 5.39. The van der Waals surface area contributed by atoms with Crippen LogP contribution in [0.1, 0.15) is 67.2 Å². The van der Waals surface area contributed by atoms with E-state index < -0.39 is 0 Å². The molecule has 0 radical (unpaired) electrons. The second kappa shape index (κ2) is 4.72. The van der Waals surface area contributed by atoms with Crippen molar-refractivity contribution in [2.45, 2.75) is 67.2 Å². The van der Waals surface area contributed by atoms with Crippen molar-refractivity contribution in [1.29, 1.82) is 0 Å². The SMILES string of the molecule is CCC1=C(C)CCCC1(C(C)C)C(C)C. The van der Waals surface area contributed by atoms with Crippen molar-refractivity contribution in [2.75, 3.05) is 0 Å². The molecular weight excluding hydrogens is 180 g/mol. The van der Waals surface area contributed by atoms with Gasteiger partial charge in [-0.25, -0.2) is 0 Å². The van der Waals surface area contributed by atoms with Gasteiger partial charge in [0.05, 0.1) is 0 Å². The van der Waals surface area contributed by atoms with Crippen molar-refractivity contribution in [1.82, 2.24) is 0 Å². The molecule has 0 heteroatoms. The third kappa shape index (κ3) is 2.00. The maximum atomic E-state index is 2.41. The van der Waals surface area contributed by atoms with Gasteiger partial charge in [0.1, 0.15) is 0 Å². The van der Waals surface area contributed by atoms with Gasteiger partial charge in [0.25, 0.3) is 0 Å². The molecule has 0 aromatic carbocycles. The Morgan fingerprint density at radius 2 is 1.67 bits per heavy atom. The van der Waals surface area contributed by atoms with Crippen molar-refractivity contribution in [3.8, 4) is 0 Å². The van der Waals surface area contributed by atoms with E-state index in [2.05, 4.69) is 41.5 Å². The molecule has 0 nitrogen and oxygen atoms in total. The van der Waals surface area contributed by atoms with Gasteiger partial charge in [0.2, 0.25) is 0 Å². The fraction of sp³-hybridized carbons (Fsp3) is 0.867. The van der Waals surface area contributed by atoms with E-state index in [1.54, 1.807) is 11.1 Å². The smallest absolute Gasteiger partial charge is 0.00396 e. The lowest BCUT2D eigenvalue weighted by atomic mass is 9.57. The molecule has 0 heterocycles. The Bertz CT molecular complexity index is 235. The van der Waals surface area contributed by atoms with E-state index in [0.717, 1.165) is 11.8 Å². The molecule has 1 rings (SSSR count). The average molecular weight is 208 g/mol. The molecule has 15 heavy (non-hydrogen) atoms. The maximum Gasteiger partial charge on any atom is -0.00396 e. The first-order valence-electron chi connectivity index (χ1n) is 6.65. The molecule has 1 aliphatic rings. The van der Waals surface area contributed by atoms with Gasteiger partial charge >= 0.3 is 0 Å². The molecule has 88 valence electrons. The standard InChI is InChI=1S/C15H28/c1-7-14-13(6)9-8-10-15(14,11(2)3)12(4)5/h11-12H,7-10H2,1-6H3. The summed E-state index contributed by atoms with van der Waals surface area (Å²) in [5.74, 6) is 1.56. The number of hydrogen-bond donors (Lipinski definition) is 0. The predicted octanol–water partition coefficient (Wildman–Crippen LogP) is 5.20. The lowest BCUT2D eigenvalue weighted by Gasteiger charge is -2.47. The summed E-state index contributed by atoms with van der Waals surface area (Å²) in [6, 6.07) is 0. The highest BCUT2D eigenvalue weighted by atomic mass is 14.5. The van der Waals surface area contributed by atoms with Gasteiger partial charge in [-0.2, -0.15) is 0 Å². The van der Waals surface area contributed by atoms with E-state index >= 15 is 0 Å². The highest BCUT2D eigenvalue weighted by molar-refractivity contribution is 5.25. The van der Waals surface area contributed by atoms with Crippen LogP contribution in [0.4, 0.5) is 0 Å². The molecule has 0 aromatic heterocycles. The normalized spacial score (nSPS) is 21.6. The zero-order valence-electron chi connectivity index (χ0n) is 11.5. The van der Waals surface area contributed by atoms with Gasteiger partial charge in [-0.3, -0.25) is 0 Å². The monoisotopic (exact) mass is 208 g/mol. The van der Waals surface area contributed by atoms with Crippen molar-refractivity contribution in [2.24, 2.45) is 17.3 Å². The van der Waals surface area contributed by atoms with Gasteiger partial charge in [-0.1, -0.05) is 45.8 Å². The Balaban J connectivity index is 3.21. The van der Waals surface area contributed by atoms with Crippen LogP contribution in [0.2, 0.25) is 0 Å². The van der Waals surface area contributed by atoms with Crippen LogP contribution in [0.15, 0.2) is 11.1 Å². The van der Waals surface area contributed by atoms with E-state index in [4.69, 9.17) is 0 Å². The zero-order valence-corrected chi connectivity index (χ0v) is 11.5. The van der Waals surface area contributed by atoms with Crippen LogP contribution in [-0.2, 0) is 0 Å². The summed E-state index contributed by atoms with van der Waals surface area (Å²) in [5.41, 5.74) is 3.96. The highest BCUT2D eigenvalue weighted by Gasteiger charge is 2.41. The van der Waals surface area contributed by atoms with Crippen molar-refractivity contribution in [3.63, 3.8) is 0 Å². The second-order valence-electron chi connectivity index (χ2n) is 5.82. The maximum absolute atomic E-state index is 2.41. The number of rotatable bonds is 3. The first-order valence-corrected chi connectivity index (χ1v) is 6.65. The van der Waals surface area contributed by atoms with Crippen molar-refractivity contribution < 1.29 is 0 Å². The van der Waals surface area contributed by atoms with E-state index in [1.807, 2.05) is 0 Å². The molecule has 0 bridgehead atoms. The van der Waals surface area contributed by atoms with Gasteiger partial charge < -0.3 is 0 Å². The Morgan fingerprint density at radius 1 is 1.13 bits per heavy atom. The molecule has 0 atom stereocenters. The molecule has 0 unspecified atom stereocenters. The summed E-state index contributed by atoms with van der Waals surface area (Å²) >= 11 is 0. The summed E-state index contributed by atoms with van der Waals surface area (Å²) in [7, 11) is 0. The predicted molar refractivity (Wildman–Crippen MR) is 69.0 cm³/mol. The largest absolute Gasteiger partial charge is 0.0735 e. The molecule has 0 saturated carbocycles. The molecule has 0 aromatic rings. The second-order valence-corrected chi connectivity index (χ2v) is 5.82. The third-order valence-electron chi connectivity index (χ3n) is 4.63. The number of allylic oxidation sites excluding steroid dienone is 2. The molecule has 0 aliphatic heterocycles. The fourth-order valence-electron chi connectivity index (χ4n) is 3.92. The number of hydrogen-bond acceptors (Lipinski definition) is 0. The molecular formula is C15H28. The van der Waals surface area contributed by atoms with E-state index in [-0.39, 0.29) is 0 Å². The van der Waals surface area contributed by atoms with Crippen LogP contribution in [-0.4, -0.2) is 0 Å². The molecule has 0 amide bonds. The Labute approximate surface area is 96.2 Å². The van der Waals surface area contributed by atoms with Gasteiger partial charge in [-0.05, 0) is 49.9 Å². The minimum atomic E-state index is 0.497. The van der Waals surface area contributed by atoms with Crippen LogP contribution < -0.4 is 0 Å². The Morgan fingerprint density at radius 3 is 2.00 bits per heavy atom. The Hall–Kier alpha value is -0.260. The summed E-state index contributed by atoms with van der Waals surface area (Å²) in [5, 5.41) is 0. The lowest BCUT2D eigenvalue weighted by molar-refractivity contribution is 0.128. The third-order valence-corrected chi connectivity index (χ3v) is 4.63. The van der Waals surface area contributed by atoms with Gasteiger partial charge in [0.15, 0.2) is 0 Å². The molecule has 0 spiro atoms. The van der Waals surface area contributed by atoms with E-state index in [9.17, 15) is 0 Å². The first-order chi connectivity index (χ1) is 6.96. The van der Waals surface area contributed by atoms with Crippen molar-refractivity contribution >= 4 is 0 Å². The fourth-order valence-corrected chi connectivity index (χ4v) is 3.92. The molecule has 0 fully saturated rings. The van der Waals surface area contributed by atoms with Gasteiger partial charge in [-0.15, -0.1) is 0 Å². The van der Waals surface area contributed by atoms with Crippen LogP contribution in [0.25, 0.3) is 0 Å². The minimum absolute atomic E-state index is 0.497. The molecule has 0 N–H and O–H groups in total. The quantitative estimate of drug-likeness (QED) is 0.559. The highest BCUT2D eigenvalue weighted by Crippen LogP contribution is 2.52. The summed E-state index contributed by atoms with van der Waals surface area (Å²) in [4.78, 5) is 0. The van der Waals surface area contributed by atoms with E-state index in [1.165, 1.54) is 25.7 Å². The van der Waals surface area contributed by atoms with Crippen LogP contribution in [0.5, 0.6) is 0 Å². The zero-order chi connectivity index (χ0) is 11.6. The molecule has 0 saturated heterocycles. The Kier molecular flexibility index (Phi) is 4.03. The topological polar surface area (TPSA) is 0 Å². The van der Waals surface area contributed by atoms with Crippen molar-refractivity contribution in [3.05, 3.63) is 11.1 Å². The van der Waals surface area contributed by atoms with Crippen LogP contribution >= 0.6 is 0 Å². The summed E-state index contributed by atoms with van der Waals surface area (Å²) < 4.78 is 0. The van der Waals surface area contributed by atoms with Crippen LogP contribution in [0, 0.1) is 17.3 Å². The first kappa shape index (κ1) is 12.8. The average Bonchev–Trinajstić information content (AvgIpc) is 2.16. The lowest BCUT2D eigenvalue weighted by Crippen LogP contribution is -2.37.